The minimum atomic E-state index is -0.707. The molecule has 4 heteroatoms. The van der Waals surface area contributed by atoms with E-state index in [1.165, 1.54) is 11.8 Å². The molecular formula is C13H15NO2S. The first kappa shape index (κ1) is 12.0. The molecule has 1 N–H and O–H groups in total. The van der Waals surface area contributed by atoms with Gasteiger partial charge in [-0.15, -0.1) is 0 Å². The van der Waals surface area contributed by atoms with Crippen LogP contribution >= 0.6 is 11.8 Å². The van der Waals surface area contributed by atoms with Gasteiger partial charge in [-0.05, 0) is 19.4 Å². The average molecular weight is 249 g/mol. The van der Waals surface area contributed by atoms with Crippen LogP contribution in [0.4, 0.5) is 0 Å². The fraction of sp³-hybridized carbons (Fsp3) is 0.308. The fourth-order valence-corrected chi connectivity index (χ4v) is 2.67. The SMILES string of the molecule is CCOC(=O)C1(C)NC=C(c2ccccc2)S1. The molecule has 2 rings (SSSR count). The van der Waals surface area contributed by atoms with E-state index in [0.717, 1.165) is 10.5 Å². The summed E-state index contributed by atoms with van der Waals surface area (Å²) in [5.41, 5.74) is 1.11. The number of thioether (sulfide) groups is 1. The molecule has 1 aliphatic rings. The van der Waals surface area contributed by atoms with E-state index in [0.29, 0.717) is 6.61 Å². The van der Waals surface area contributed by atoms with Gasteiger partial charge in [0, 0.05) is 11.1 Å². The van der Waals surface area contributed by atoms with Gasteiger partial charge in [-0.1, -0.05) is 42.1 Å². The summed E-state index contributed by atoms with van der Waals surface area (Å²) in [6.07, 6.45) is 1.87. The largest absolute Gasteiger partial charge is 0.464 e. The van der Waals surface area contributed by atoms with Crippen molar-refractivity contribution in [3.63, 3.8) is 0 Å². The number of nitrogens with one attached hydrogen (secondary N) is 1. The monoisotopic (exact) mass is 249 g/mol. The first-order valence-corrected chi connectivity index (χ1v) is 6.37. The maximum atomic E-state index is 11.8. The van der Waals surface area contributed by atoms with E-state index in [-0.39, 0.29) is 5.97 Å². The second-order valence-electron chi connectivity index (χ2n) is 3.87. The zero-order chi connectivity index (χ0) is 12.3. The predicted molar refractivity (Wildman–Crippen MR) is 70.2 cm³/mol. The molecule has 0 aromatic heterocycles. The Morgan fingerprint density at radius 1 is 1.41 bits per heavy atom. The number of esters is 1. The van der Waals surface area contributed by atoms with Crippen LogP contribution in [0.5, 0.6) is 0 Å². The number of carbonyl (C=O) groups excluding carboxylic acids is 1. The van der Waals surface area contributed by atoms with Crippen LogP contribution in [-0.4, -0.2) is 17.4 Å². The minimum absolute atomic E-state index is 0.229. The van der Waals surface area contributed by atoms with Crippen LogP contribution in [0.15, 0.2) is 36.5 Å². The standard InChI is InChI=1S/C13H15NO2S/c1-3-16-12(15)13(2)14-9-11(17-13)10-7-5-4-6-8-10/h4-9,14H,3H2,1-2H3. The van der Waals surface area contributed by atoms with Crippen molar-refractivity contribution in [2.75, 3.05) is 6.61 Å². The van der Waals surface area contributed by atoms with Gasteiger partial charge in [-0.25, -0.2) is 4.79 Å². The molecule has 1 atom stereocenters. The number of benzene rings is 1. The lowest BCUT2D eigenvalue weighted by atomic mass is 10.2. The summed E-state index contributed by atoms with van der Waals surface area (Å²) >= 11 is 1.49. The van der Waals surface area contributed by atoms with Crippen LogP contribution in [0.3, 0.4) is 0 Å². The number of carbonyl (C=O) groups is 1. The molecule has 1 aromatic carbocycles. The maximum absolute atomic E-state index is 11.8. The second-order valence-corrected chi connectivity index (χ2v) is 5.34. The Labute approximate surface area is 105 Å². The third-order valence-corrected chi connectivity index (χ3v) is 3.78. The Hall–Kier alpha value is -1.42. The third-order valence-electron chi connectivity index (χ3n) is 2.52. The van der Waals surface area contributed by atoms with Gasteiger partial charge >= 0.3 is 5.97 Å². The Morgan fingerprint density at radius 3 is 2.76 bits per heavy atom. The van der Waals surface area contributed by atoms with Gasteiger partial charge in [0.25, 0.3) is 0 Å². The van der Waals surface area contributed by atoms with Crippen LogP contribution in [0.25, 0.3) is 4.91 Å². The number of hydrogen-bond donors (Lipinski definition) is 1. The molecule has 1 unspecified atom stereocenters. The van der Waals surface area contributed by atoms with Crippen LogP contribution in [0.1, 0.15) is 19.4 Å². The molecule has 0 fully saturated rings. The molecule has 1 heterocycles. The Bertz CT molecular complexity index is 444. The lowest BCUT2D eigenvalue weighted by Crippen LogP contribution is -2.42. The molecular weight excluding hydrogens is 234 g/mol. The van der Waals surface area contributed by atoms with E-state index in [1.54, 1.807) is 0 Å². The number of hydrogen-bond acceptors (Lipinski definition) is 4. The molecule has 0 radical (unpaired) electrons. The zero-order valence-electron chi connectivity index (χ0n) is 9.90. The lowest BCUT2D eigenvalue weighted by molar-refractivity contribution is -0.146. The van der Waals surface area contributed by atoms with Gasteiger partial charge in [0.2, 0.25) is 0 Å². The first-order chi connectivity index (χ1) is 8.15. The van der Waals surface area contributed by atoms with Gasteiger partial charge in [0.05, 0.1) is 6.61 Å². The third kappa shape index (κ3) is 2.47. The van der Waals surface area contributed by atoms with Gasteiger partial charge < -0.3 is 10.1 Å². The molecule has 1 aromatic rings. The van der Waals surface area contributed by atoms with E-state index < -0.39 is 4.87 Å². The summed E-state index contributed by atoms with van der Waals surface area (Å²) in [5, 5.41) is 3.09. The summed E-state index contributed by atoms with van der Waals surface area (Å²) in [4.78, 5) is 12.2. The van der Waals surface area contributed by atoms with Crippen molar-refractivity contribution < 1.29 is 9.53 Å². The molecule has 0 amide bonds. The highest BCUT2D eigenvalue weighted by Gasteiger charge is 2.39. The summed E-state index contributed by atoms with van der Waals surface area (Å²) in [5.74, 6) is -0.229. The summed E-state index contributed by atoms with van der Waals surface area (Å²) in [7, 11) is 0. The van der Waals surface area contributed by atoms with Crippen LogP contribution in [0.2, 0.25) is 0 Å². The van der Waals surface area contributed by atoms with Crippen molar-refractivity contribution in [1.82, 2.24) is 5.32 Å². The number of ether oxygens (including phenoxy) is 1. The normalized spacial score (nSPS) is 22.8. The van der Waals surface area contributed by atoms with Gasteiger partial charge in [-0.3, -0.25) is 0 Å². The van der Waals surface area contributed by atoms with E-state index in [1.807, 2.05) is 50.4 Å². The smallest absolute Gasteiger partial charge is 0.342 e. The molecule has 0 saturated heterocycles. The zero-order valence-corrected chi connectivity index (χ0v) is 10.7. The predicted octanol–water partition coefficient (Wildman–Crippen LogP) is 2.60. The molecule has 17 heavy (non-hydrogen) atoms. The van der Waals surface area contributed by atoms with Gasteiger partial charge in [0.1, 0.15) is 0 Å². The maximum Gasteiger partial charge on any atom is 0.342 e. The van der Waals surface area contributed by atoms with Crippen molar-refractivity contribution >= 4 is 22.6 Å². The van der Waals surface area contributed by atoms with Crippen molar-refractivity contribution in [2.45, 2.75) is 18.7 Å². The molecule has 0 saturated carbocycles. The average Bonchev–Trinajstić information content (AvgIpc) is 2.75. The Morgan fingerprint density at radius 2 is 2.12 bits per heavy atom. The summed E-state index contributed by atoms with van der Waals surface area (Å²) in [6, 6.07) is 9.99. The second kappa shape index (κ2) is 4.84. The lowest BCUT2D eigenvalue weighted by Gasteiger charge is -2.21. The quantitative estimate of drug-likeness (QED) is 0.836. The summed E-state index contributed by atoms with van der Waals surface area (Å²) < 4.78 is 5.06. The van der Waals surface area contributed by atoms with Gasteiger partial charge in [-0.2, -0.15) is 0 Å². The molecule has 1 aliphatic heterocycles. The van der Waals surface area contributed by atoms with Crippen molar-refractivity contribution in [3.8, 4) is 0 Å². The highest BCUT2D eigenvalue weighted by Crippen LogP contribution is 2.41. The Balaban J connectivity index is 2.11. The molecule has 0 bridgehead atoms. The highest BCUT2D eigenvalue weighted by molar-refractivity contribution is 8.10. The first-order valence-electron chi connectivity index (χ1n) is 5.55. The Kier molecular flexibility index (Phi) is 3.43. The summed E-state index contributed by atoms with van der Waals surface area (Å²) in [6.45, 7) is 4.05. The van der Waals surface area contributed by atoms with Gasteiger partial charge in [0.15, 0.2) is 4.87 Å². The van der Waals surface area contributed by atoms with Crippen molar-refractivity contribution in [2.24, 2.45) is 0 Å². The van der Waals surface area contributed by atoms with E-state index in [2.05, 4.69) is 5.32 Å². The minimum Gasteiger partial charge on any atom is -0.464 e. The fourth-order valence-electron chi connectivity index (χ4n) is 1.60. The van der Waals surface area contributed by atoms with E-state index >= 15 is 0 Å². The van der Waals surface area contributed by atoms with Crippen LogP contribution in [0, 0.1) is 0 Å². The van der Waals surface area contributed by atoms with E-state index in [9.17, 15) is 4.79 Å². The molecule has 90 valence electrons. The van der Waals surface area contributed by atoms with Crippen LogP contribution < -0.4 is 5.32 Å². The highest BCUT2D eigenvalue weighted by atomic mass is 32.2. The molecule has 0 spiro atoms. The molecule has 0 aliphatic carbocycles. The van der Waals surface area contributed by atoms with Crippen LogP contribution in [-0.2, 0) is 9.53 Å². The van der Waals surface area contributed by atoms with Crippen molar-refractivity contribution in [1.29, 1.82) is 0 Å². The number of rotatable bonds is 3. The molecule has 3 nitrogen and oxygen atoms in total. The topological polar surface area (TPSA) is 38.3 Å². The van der Waals surface area contributed by atoms with E-state index in [4.69, 9.17) is 4.74 Å². The van der Waals surface area contributed by atoms with Crippen molar-refractivity contribution in [3.05, 3.63) is 42.1 Å².